The minimum Gasteiger partial charge on any atom is -0.343 e. The molecule has 0 amide bonds. The van der Waals surface area contributed by atoms with E-state index in [2.05, 4.69) is 29.1 Å². The van der Waals surface area contributed by atoms with Crippen LogP contribution in [0.1, 0.15) is 50.7 Å². The van der Waals surface area contributed by atoms with E-state index in [4.69, 9.17) is 0 Å². The smallest absolute Gasteiger partial charge is 0.257 e. The lowest BCUT2D eigenvalue weighted by atomic mass is 9.69. The van der Waals surface area contributed by atoms with Gasteiger partial charge in [-0.25, -0.2) is 4.98 Å². The number of nitrogens with zero attached hydrogens (tertiary/aromatic N) is 1. The Bertz CT molecular complexity index is 992. The normalized spacial score (nSPS) is 20.7. The monoisotopic (exact) mass is 381 g/mol. The molecule has 0 saturated heterocycles. The average Bonchev–Trinajstić information content (AvgIpc) is 2.60. The fourth-order valence-corrected chi connectivity index (χ4v) is 4.67. The second-order valence-corrected chi connectivity index (χ2v) is 9.12. The van der Waals surface area contributed by atoms with Gasteiger partial charge in [0.2, 0.25) is 0 Å². The molecule has 0 bridgehead atoms. The molecule has 140 valence electrons. The highest BCUT2D eigenvalue weighted by Gasteiger charge is 2.42. The van der Waals surface area contributed by atoms with E-state index < -0.39 is 0 Å². The third-order valence-corrected chi connectivity index (χ3v) is 5.87. The lowest BCUT2D eigenvalue weighted by Crippen LogP contribution is -2.37. The summed E-state index contributed by atoms with van der Waals surface area (Å²) in [5, 5.41) is 3.94. The zero-order valence-electron chi connectivity index (χ0n) is 15.8. The van der Waals surface area contributed by atoms with Crippen molar-refractivity contribution < 1.29 is 4.79 Å². The summed E-state index contributed by atoms with van der Waals surface area (Å²) in [6.45, 7) is 6.23. The standard InChI is InChI=1S/C21H23N3O2S/c1-4-27-20-23-18-17(19(26)24-20)15(12-8-6-5-7-9-12)16-13(22-18)10-21(2,3)11-14(16)25/h5-9,15H,4,10-11H2,1-3H3,(H2,22,23,24,26)/t15-/m0/s1. The van der Waals surface area contributed by atoms with Gasteiger partial charge in [0.15, 0.2) is 10.9 Å². The largest absolute Gasteiger partial charge is 0.343 e. The Morgan fingerprint density at radius 1 is 1.19 bits per heavy atom. The van der Waals surface area contributed by atoms with Crippen LogP contribution in [0.15, 0.2) is 51.6 Å². The van der Waals surface area contributed by atoms with Gasteiger partial charge in [-0.2, -0.15) is 0 Å². The first-order chi connectivity index (χ1) is 12.9. The van der Waals surface area contributed by atoms with Crippen LogP contribution in [0.5, 0.6) is 0 Å². The van der Waals surface area contributed by atoms with Gasteiger partial charge >= 0.3 is 0 Å². The third kappa shape index (κ3) is 3.23. The number of anilines is 1. The highest BCUT2D eigenvalue weighted by molar-refractivity contribution is 7.99. The van der Waals surface area contributed by atoms with Crippen molar-refractivity contribution in [3.63, 3.8) is 0 Å². The van der Waals surface area contributed by atoms with Crippen molar-refractivity contribution in [2.24, 2.45) is 5.41 Å². The predicted octanol–water partition coefficient (Wildman–Crippen LogP) is 4.08. The number of H-pyrrole nitrogens is 1. The fraction of sp³-hybridized carbons (Fsp3) is 0.381. The maximum absolute atomic E-state index is 13.1. The van der Waals surface area contributed by atoms with E-state index in [-0.39, 0.29) is 22.7 Å². The summed E-state index contributed by atoms with van der Waals surface area (Å²) in [6.07, 6.45) is 1.25. The van der Waals surface area contributed by atoms with Crippen LogP contribution in [-0.2, 0) is 4.79 Å². The molecule has 1 atom stereocenters. The van der Waals surface area contributed by atoms with Gasteiger partial charge in [0.1, 0.15) is 5.82 Å². The Labute approximate surface area is 162 Å². The van der Waals surface area contributed by atoms with Crippen molar-refractivity contribution in [2.45, 2.75) is 44.7 Å². The van der Waals surface area contributed by atoms with Crippen LogP contribution in [0.3, 0.4) is 0 Å². The number of aromatic nitrogens is 2. The van der Waals surface area contributed by atoms with Gasteiger partial charge in [0.05, 0.1) is 5.56 Å². The molecule has 4 rings (SSSR count). The third-order valence-electron chi connectivity index (χ3n) is 5.11. The van der Waals surface area contributed by atoms with Crippen LogP contribution in [0, 0.1) is 5.41 Å². The van der Waals surface area contributed by atoms with E-state index >= 15 is 0 Å². The minimum absolute atomic E-state index is 0.107. The number of aromatic amines is 1. The molecule has 1 aromatic carbocycles. The second-order valence-electron chi connectivity index (χ2n) is 7.87. The van der Waals surface area contributed by atoms with Crippen LogP contribution < -0.4 is 10.9 Å². The summed E-state index contributed by atoms with van der Waals surface area (Å²) in [7, 11) is 0. The van der Waals surface area contributed by atoms with Crippen molar-refractivity contribution in [3.8, 4) is 0 Å². The van der Waals surface area contributed by atoms with Gasteiger partial charge in [0, 0.05) is 23.6 Å². The Kier molecular flexibility index (Phi) is 4.46. The van der Waals surface area contributed by atoms with Crippen molar-refractivity contribution in [2.75, 3.05) is 11.1 Å². The first-order valence-electron chi connectivity index (χ1n) is 9.25. The van der Waals surface area contributed by atoms with Crippen molar-refractivity contribution >= 4 is 23.4 Å². The molecule has 6 heteroatoms. The molecular weight excluding hydrogens is 358 g/mol. The molecule has 27 heavy (non-hydrogen) atoms. The number of carbonyl (C=O) groups is 1. The van der Waals surface area contributed by atoms with Crippen LogP contribution in [-0.4, -0.2) is 21.5 Å². The number of hydrogen-bond donors (Lipinski definition) is 2. The van der Waals surface area contributed by atoms with E-state index in [1.165, 1.54) is 11.8 Å². The van der Waals surface area contributed by atoms with Gasteiger partial charge < -0.3 is 10.3 Å². The van der Waals surface area contributed by atoms with Crippen LogP contribution >= 0.6 is 11.8 Å². The number of allylic oxidation sites excluding steroid dienone is 2. The van der Waals surface area contributed by atoms with Gasteiger partial charge in [0.25, 0.3) is 5.56 Å². The molecule has 1 aliphatic heterocycles. The number of thioether (sulfide) groups is 1. The summed E-state index contributed by atoms with van der Waals surface area (Å²) in [6, 6.07) is 9.78. The summed E-state index contributed by atoms with van der Waals surface area (Å²) in [4.78, 5) is 33.6. The molecule has 1 aromatic heterocycles. The highest BCUT2D eigenvalue weighted by atomic mass is 32.2. The zero-order valence-corrected chi connectivity index (χ0v) is 16.6. The Morgan fingerprint density at radius 2 is 1.93 bits per heavy atom. The van der Waals surface area contributed by atoms with E-state index in [0.29, 0.717) is 23.0 Å². The highest BCUT2D eigenvalue weighted by Crippen LogP contribution is 2.47. The lowest BCUT2D eigenvalue weighted by Gasteiger charge is -2.38. The van der Waals surface area contributed by atoms with Crippen LogP contribution in [0.25, 0.3) is 0 Å². The maximum Gasteiger partial charge on any atom is 0.257 e. The first-order valence-corrected chi connectivity index (χ1v) is 10.2. The SMILES string of the molecule is CCSc1nc2c(c(=O)[nH]1)[C@@H](c1ccccc1)C1=C(CC(C)(C)CC1=O)N2. The number of Topliss-reactive ketones (excluding diaryl/α,β-unsaturated/α-hetero) is 1. The number of carbonyl (C=O) groups excluding carboxylic acids is 1. The molecule has 0 unspecified atom stereocenters. The van der Waals surface area contributed by atoms with Crippen molar-refractivity contribution in [1.82, 2.24) is 9.97 Å². The van der Waals surface area contributed by atoms with E-state index in [0.717, 1.165) is 29.0 Å². The van der Waals surface area contributed by atoms with Crippen LogP contribution in [0.2, 0.25) is 0 Å². The molecule has 0 radical (unpaired) electrons. The number of ketones is 1. The molecule has 2 aromatic rings. The van der Waals surface area contributed by atoms with E-state index in [9.17, 15) is 9.59 Å². The second kappa shape index (κ2) is 6.68. The van der Waals surface area contributed by atoms with Gasteiger partial charge in [-0.3, -0.25) is 9.59 Å². The van der Waals surface area contributed by atoms with E-state index in [1.54, 1.807) is 0 Å². The summed E-state index contributed by atoms with van der Waals surface area (Å²) in [5.41, 5.74) is 2.82. The Morgan fingerprint density at radius 3 is 2.63 bits per heavy atom. The Balaban J connectivity index is 1.95. The number of hydrogen-bond acceptors (Lipinski definition) is 5. The average molecular weight is 382 g/mol. The summed E-state index contributed by atoms with van der Waals surface area (Å²) >= 11 is 1.50. The molecule has 2 N–H and O–H groups in total. The quantitative estimate of drug-likeness (QED) is 0.619. The molecule has 0 saturated carbocycles. The predicted molar refractivity (Wildman–Crippen MR) is 108 cm³/mol. The fourth-order valence-electron chi connectivity index (χ4n) is 4.08. The van der Waals surface area contributed by atoms with Crippen molar-refractivity contribution in [3.05, 3.63) is 63.1 Å². The van der Waals surface area contributed by atoms with Gasteiger partial charge in [-0.1, -0.05) is 62.9 Å². The molecular formula is C21H23N3O2S. The molecule has 1 aliphatic carbocycles. The molecule has 0 fully saturated rings. The number of nitrogens with one attached hydrogen (secondary N) is 2. The summed E-state index contributed by atoms with van der Waals surface area (Å²) < 4.78 is 0. The minimum atomic E-state index is -0.377. The van der Waals surface area contributed by atoms with Crippen LogP contribution in [0.4, 0.5) is 5.82 Å². The number of rotatable bonds is 3. The zero-order chi connectivity index (χ0) is 19.2. The van der Waals surface area contributed by atoms with Crippen molar-refractivity contribution in [1.29, 1.82) is 0 Å². The summed E-state index contributed by atoms with van der Waals surface area (Å²) in [5.74, 6) is 1.13. The Hall–Kier alpha value is -2.34. The molecule has 2 aliphatic rings. The lowest BCUT2D eigenvalue weighted by molar-refractivity contribution is -0.118. The first kappa shape index (κ1) is 18.0. The van der Waals surface area contributed by atoms with Gasteiger partial charge in [-0.05, 0) is 23.2 Å². The molecule has 0 spiro atoms. The molecule has 5 nitrogen and oxygen atoms in total. The maximum atomic E-state index is 13.1. The van der Waals surface area contributed by atoms with Gasteiger partial charge in [-0.15, -0.1) is 0 Å². The molecule has 2 heterocycles. The number of fused-ring (bicyclic) bond motifs is 1. The number of benzene rings is 1. The van der Waals surface area contributed by atoms with E-state index in [1.807, 2.05) is 37.3 Å². The topological polar surface area (TPSA) is 74.8 Å².